The second kappa shape index (κ2) is 5.27. The maximum atomic E-state index is 10.9. The van der Waals surface area contributed by atoms with Gasteiger partial charge in [-0.15, -0.1) is 0 Å². The molecule has 1 heterocycles. The van der Waals surface area contributed by atoms with E-state index in [1.54, 1.807) is 0 Å². The second-order valence-electron chi connectivity index (χ2n) is 2.67. The molecule has 5 heteroatoms. The lowest BCUT2D eigenvalue weighted by Crippen LogP contribution is -2.04. The molecule has 0 bridgehead atoms. The van der Waals surface area contributed by atoms with Crippen molar-refractivity contribution in [2.45, 2.75) is 12.8 Å². The molecule has 1 rings (SSSR count). The topological polar surface area (TPSA) is 64.7 Å². The van der Waals surface area contributed by atoms with E-state index in [0.29, 0.717) is 18.9 Å². The van der Waals surface area contributed by atoms with Crippen LogP contribution in [0.4, 0.5) is 0 Å². The Morgan fingerprint density at radius 1 is 1.67 bits per heavy atom. The highest BCUT2D eigenvalue weighted by molar-refractivity contribution is 7.86. The van der Waals surface area contributed by atoms with Crippen LogP contribution in [0, 0.1) is 0 Å². The summed E-state index contributed by atoms with van der Waals surface area (Å²) in [5.41, 5.74) is 6.19. The normalized spacial score (nSPS) is 26.4. The largest absolute Gasteiger partial charge is 0.396 e. The van der Waals surface area contributed by atoms with Crippen LogP contribution < -0.4 is 5.73 Å². The Bertz CT molecular complexity index is 194. The molecule has 1 unspecified atom stereocenters. The van der Waals surface area contributed by atoms with Crippen molar-refractivity contribution in [3.05, 3.63) is 0 Å². The lowest BCUT2D eigenvalue weighted by Gasteiger charge is -1.97. The average molecular weight is 190 g/mol. The van der Waals surface area contributed by atoms with Crippen LogP contribution >= 0.6 is 0 Å². The SMILES string of the molecule is NCCCON=C1CCS(=O)C1. The third-order valence-corrected chi connectivity index (χ3v) is 2.89. The van der Waals surface area contributed by atoms with Crippen molar-refractivity contribution >= 4 is 16.5 Å². The van der Waals surface area contributed by atoms with Crippen molar-refractivity contribution in [3.63, 3.8) is 0 Å². The van der Waals surface area contributed by atoms with Crippen LogP contribution in [0.3, 0.4) is 0 Å². The minimum Gasteiger partial charge on any atom is -0.396 e. The van der Waals surface area contributed by atoms with Crippen molar-refractivity contribution in [3.8, 4) is 0 Å². The summed E-state index contributed by atoms with van der Waals surface area (Å²) in [6.07, 6.45) is 1.63. The van der Waals surface area contributed by atoms with Gasteiger partial charge in [-0.1, -0.05) is 5.16 Å². The Morgan fingerprint density at radius 3 is 3.08 bits per heavy atom. The molecule has 12 heavy (non-hydrogen) atoms. The maximum absolute atomic E-state index is 10.9. The van der Waals surface area contributed by atoms with Gasteiger partial charge in [-0.05, 0) is 13.0 Å². The standard InChI is InChI=1S/C7H14N2O2S/c8-3-1-4-11-9-7-2-5-12(10)6-7/h1-6,8H2. The van der Waals surface area contributed by atoms with Crippen molar-refractivity contribution in [1.82, 2.24) is 0 Å². The molecule has 0 aromatic heterocycles. The summed E-state index contributed by atoms with van der Waals surface area (Å²) in [6.45, 7) is 1.18. The predicted octanol–water partition coefficient (Wildman–Crippen LogP) is -0.140. The number of rotatable bonds is 4. The molecule has 1 fully saturated rings. The monoisotopic (exact) mass is 190 g/mol. The van der Waals surface area contributed by atoms with E-state index in [1.807, 2.05) is 0 Å². The average Bonchev–Trinajstić information content (AvgIpc) is 2.45. The molecular weight excluding hydrogens is 176 g/mol. The number of hydrogen-bond donors (Lipinski definition) is 1. The van der Waals surface area contributed by atoms with Gasteiger partial charge in [-0.3, -0.25) is 4.21 Å². The van der Waals surface area contributed by atoms with Gasteiger partial charge in [0.25, 0.3) is 0 Å². The zero-order chi connectivity index (χ0) is 8.81. The van der Waals surface area contributed by atoms with E-state index in [-0.39, 0.29) is 0 Å². The van der Waals surface area contributed by atoms with E-state index in [9.17, 15) is 4.21 Å². The first kappa shape index (κ1) is 9.67. The molecule has 2 N–H and O–H groups in total. The van der Waals surface area contributed by atoms with Crippen LogP contribution in [0.25, 0.3) is 0 Å². The molecular formula is C7H14N2O2S. The Kier molecular flexibility index (Phi) is 4.24. The van der Waals surface area contributed by atoms with Gasteiger partial charge in [-0.25, -0.2) is 0 Å². The minimum absolute atomic E-state index is 0.562. The number of oxime groups is 1. The Balaban J connectivity index is 2.15. The highest BCUT2D eigenvalue weighted by Gasteiger charge is 2.15. The maximum Gasteiger partial charge on any atom is 0.118 e. The molecule has 0 radical (unpaired) electrons. The quantitative estimate of drug-likeness (QED) is 0.495. The number of hydrogen-bond acceptors (Lipinski definition) is 4. The first-order chi connectivity index (χ1) is 5.83. The molecule has 1 aliphatic rings. The molecule has 0 aromatic rings. The molecule has 1 saturated heterocycles. The van der Waals surface area contributed by atoms with Crippen molar-refractivity contribution in [2.24, 2.45) is 10.9 Å². The zero-order valence-corrected chi connectivity index (χ0v) is 7.81. The summed E-state index contributed by atoms with van der Waals surface area (Å²) < 4.78 is 10.9. The first-order valence-electron chi connectivity index (χ1n) is 4.05. The molecule has 0 aliphatic carbocycles. The van der Waals surface area contributed by atoms with Gasteiger partial charge in [-0.2, -0.15) is 0 Å². The van der Waals surface area contributed by atoms with Gasteiger partial charge in [0.15, 0.2) is 0 Å². The predicted molar refractivity (Wildman–Crippen MR) is 49.6 cm³/mol. The number of nitrogens with two attached hydrogens (primary N) is 1. The molecule has 1 atom stereocenters. The Hall–Kier alpha value is -0.420. The summed E-state index contributed by atoms with van der Waals surface area (Å²) in [5.74, 6) is 1.32. The molecule has 70 valence electrons. The lowest BCUT2D eigenvalue weighted by molar-refractivity contribution is 0.143. The summed E-state index contributed by atoms with van der Waals surface area (Å²) in [4.78, 5) is 4.98. The fourth-order valence-electron chi connectivity index (χ4n) is 0.919. The molecule has 0 amide bonds. The van der Waals surface area contributed by atoms with Crippen molar-refractivity contribution < 1.29 is 9.05 Å². The highest BCUT2D eigenvalue weighted by Crippen LogP contribution is 2.04. The fourth-order valence-corrected chi connectivity index (χ4v) is 2.09. The van der Waals surface area contributed by atoms with Gasteiger partial charge in [0, 0.05) is 23.0 Å². The third-order valence-electron chi connectivity index (χ3n) is 1.58. The van der Waals surface area contributed by atoms with Crippen LogP contribution in [0.2, 0.25) is 0 Å². The Morgan fingerprint density at radius 2 is 2.50 bits per heavy atom. The Labute approximate surface area is 74.6 Å². The highest BCUT2D eigenvalue weighted by atomic mass is 32.2. The van der Waals surface area contributed by atoms with Gasteiger partial charge in [0.2, 0.25) is 0 Å². The third kappa shape index (κ3) is 3.32. The van der Waals surface area contributed by atoms with Crippen LogP contribution in [0.1, 0.15) is 12.8 Å². The van der Waals surface area contributed by atoms with E-state index in [0.717, 1.165) is 24.3 Å². The molecule has 1 aliphatic heterocycles. The summed E-state index contributed by atoms with van der Waals surface area (Å²) in [6, 6.07) is 0. The molecule has 0 aromatic carbocycles. The number of nitrogens with zero attached hydrogens (tertiary/aromatic N) is 1. The smallest absolute Gasteiger partial charge is 0.118 e. The van der Waals surface area contributed by atoms with Crippen LogP contribution in [-0.2, 0) is 15.6 Å². The van der Waals surface area contributed by atoms with Crippen LogP contribution in [0.15, 0.2) is 5.16 Å². The van der Waals surface area contributed by atoms with Crippen molar-refractivity contribution in [1.29, 1.82) is 0 Å². The molecule has 0 spiro atoms. The zero-order valence-electron chi connectivity index (χ0n) is 6.99. The van der Waals surface area contributed by atoms with Crippen molar-refractivity contribution in [2.75, 3.05) is 24.7 Å². The van der Waals surface area contributed by atoms with Gasteiger partial charge < -0.3 is 10.6 Å². The first-order valence-corrected chi connectivity index (χ1v) is 5.54. The minimum atomic E-state index is -0.696. The van der Waals surface area contributed by atoms with E-state index >= 15 is 0 Å². The summed E-state index contributed by atoms with van der Waals surface area (Å²) in [7, 11) is -0.696. The summed E-state index contributed by atoms with van der Waals surface area (Å²) >= 11 is 0. The van der Waals surface area contributed by atoms with Crippen LogP contribution in [-0.4, -0.2) is 34.6 Å². The van der Waals surface area contributed by atoms with Gasteiger partial charge in [0.05, 0.1) is 11.5 Å². The van der Waals surface area contributed by atoms with Gasteiger partial charge in [0.1, 0.15) is 6.61 Å². The van der Waals surface area contributed by atoms with E-state index in [1.165, 1.54) is 0 Å². The molecule has 0 saturated carbocycles. The summed E-state index contributed by atoms with van der Waals surface area (Å²) in [5, 5.41) is 3.88. The van der Waals surface area contributed by atoms with Gasteiger partial charge >= 0.3 is 0 Å². The van der Waals surface area contributed by atoms with Crippen LogP contribution in [0.5, 0.6) is 0 Å². The van der Waals surface area contributed by atoms with E-state index < -0.39 is 10.8 Å². The van der Waals surface area contributed by atoms with E-state index in [4.69, 9.17) is 10.6 Å². The van der Waals surface area contributed by atoms with E-state index in [2.05, 4.69) is 5.16 Å². The fraction of sp³-hybridized carbons (Fsp3) is 0.857. The second-order valence-corrected chi connectivity index (χ2v) is 4.25. The lowest BCUT2D eigenvalue weighted by atomic mass is 10.3. The molecule has 4 nitrogen and oxygen atoms in total.